The van der Waals surface area contributed by atoms with Crippen molar-refractivity contribution in [3.8, 4) is 0 Å². The molecule has 1 amide bonds. The first-order valence-corrected chi connectivity index (χ1v) is 10.7. The van der Waals surface area contributed by atoms with Crippen LogP contribution in [-0.2, 0) is 33.3 Å². The molecule has 7 nitrogen and oxygen atoms in total. The Morgan fingerprint density at radius 2 is 1.60 bits per heavy atom. The molecule has 3 rings (SSSR count). The van der Waals surface area contributed by atoms with E-state index in [0.717, 1.165) is 12.3 Å². The molecule has 1 saturated heterocycles. The molecule has 0 spiro atoms. The molecule has 1 aromatic carbocycles. The fourth-order valence-electron chi connectivity index (χ4n) is 3.21. The molecule has 162 valence electrons. The third-order valence-electron chi connectivity index (χ3n) is 4.81. The molecule has 11 heteroatoms. The summed E-state index contributed by atoms with van der Waals surface area (Å²) in [6.07, 6.45) is -3.68. The first-order valence-electron chi connectivity index (χ1n) is 9.14. The number of carbonyl (C=O) groups is 1. The van der Waals surface area contributed by atoms with E-state index < -0.39 is 39.8 Å². The molecule has 0 N–H and O–H groups in total. The van der Waals surface area contributed by atoms with Crippen molar-refractivity contribution in [3.05, 3.63) is 70.1 Å². The molecule has 2 aromatic rings. The maximum Gasteiger partial charge on any atom is 0.421 e. The molecule has 1 aliphatic rings. The minimum absolute atomic E-state index is 0.0817. The van der Waals surface area contributed by atoms with Gasteiger partial charge in [0, 0.05) is 32.4 Å². The van der Waals surface area contributed by atoms with Gasteiger partial charge in [-0.1, -0.05) is 30.3 Å². The summed E-state index contributed by atoms with van der Waals surface area (Å²) in [5, 5.41) is 0. The van der Waals surface area contributed by atoms with Crippen molar-refractivity contribution in [1.29, 1.82) is 0 Å². The predicted molar refractivity (Wildman–Crippen MR) is 103 cm³/mol. The molecule has 1 aliphatic heterocycles. The number of halogens is 3. The van der Waals surface area contributed by atoms with Crippen LogP contribution in [0.15, 0.2) is 53.5 Å². The molecule has 0 aliphatic carbocycles. The molecule has 0 atom stereocenters. The summed E-state index contributed by atoms with van der Waals surface area (Å²) in [5.41, 5.74) is -1.98. The second kappa shape index (κ2) is 8.60. The Morgan fingerprint density at radius 3 is 2.20 bits per heavy atom. The van der Waals surface area contributed by atoms with E-state index in [1.807, 2.05) is 0 Å². The maximum atomic E-state index is 12.9. The van der Waals surface area contributed by atoms with E-state index in [0.29, 0.717) is 16.2 Å². The van der Waals surface area contributed by atoms with Gasteiger partial charge >= 0.3 is 6.18 Å². The van der Waals surface area contributed by atoms with Gasteiger partial charge in [0.25, 0.3) is 5.56 Å². The van der Waals surface area contributed by atoms with E-state index in [2.05, 4.69) is 0 Å². The number of amides is 1. The Labute approximate surface area is 171 Å². The van der Waals surface area contributed by atoms with E-state index in [9.17, 15) is 31.2 Å². The average molecular weight is 443 g/mol. The normalized spacial score (nSPS) is 15.9. The van der Waals surface area contributed by atoms with Crippen LogP contribution < -0.4 is 5.56 Å². The van der Waals surface area contributed by atoms with Gasteiger partial charge in [-0.25, -0.2) is 8.42 Å². The van der Waals surface area contributed by atoms with Crippen LogP contribution in [0.2, 0.25) is 0 Å². The number of carbonyl (C=O) groups excluding carboxylic acids is 1. The first-order chi connectivity index (χ1) is 14.1. The first kappa shape index (κ1) is 22.0. The van der Waals surface area contributed by atoms with Crippen molar-refractivity contribution < 1.29 is 26.4 Å². The molecule has 2 heterocycles. The minimum atomic E-state index is -4.80. The summed E-state index contributed by atoms with van der Waals surface area (Å²) in [4.78, 5) is 25.8. The molecule has 0 saturated carbocycles. The van der Waals surface area contributed by atoms with E-state index in [4.69, 9.17) is 0 Å². The Hall–Kier alpha value is -2.66. The number of hydrogen-bond donors (Lipinski definition) is 0. The summed E-state index contributed by atoms with van der Waals surface area (Å²) >= 11 is 0. The van der Waals surface area contributed by atoms with Crippen LogP contribution in [0.1, 0.15) is 11.1 Å². The van der Waals surface area contributed by atoms with Crippen molar-refractivity contribution in [2.45, 2.75) is 18.5 Å². The number of pyridine rings is 1. The van der Waals surface area contributed by atoms with Crippen molar-refractivity contribution in [2.75, 3.05) is 26.2 Å². The number of sulfonamides is 1. The Balaban J connectivity index is 1.62. The third-order valence-corrected chi connectivity index (χ3v) is 6.66. The van der Waals surface area contributed by atoms with E-state index in [1.165, 1.54) is 9.21 Å². The zero-order valence-electron chi connectivity index (χ0n) is 15.9. The lowest BCUT2D eigenvalue weighted by atomic mass is 10.2. The van der Waals surface area contributed by atoms with Gasteiger partial charge in [-0.15, -0.1) is 0 Å². The highest BCUT2D eigenvalue weighted by Gasteiger charge is 2.35. The van der Waals surface area contributed by atoms with Gasteiger partial charge in [0.1, 0.15) is 12.1 Å². The molecule has 1 fully saturated rings. The molecule has 1 aromatic heterocycles. The fourth-order valence-corrected chi connectivity index (χ4v) is 4.73. The van der Waals surface area contributed by atoms with Crippen LogP contribution in [0.5, 0.6) is 0 Å². The largest absolute Gasteiger partial charge is 0.421 e. The standard InChI is InChI=1S/C19H20F3N3O4S/c20-19(21,22)16-7-4-8-24(18(16)27)13-17(26)23-9-11-25(12-10-23)30(28,29)14-15-5-2-1-3-6-15/h1-8H,9-14H2. The van der Waals surface area contributed by atoms with Crippen LogP contribution >= 0.6 is 0 Å². The molecular formula is C19H20F3N3O4S. The zero-order chi connectivity index (χ0) is 21.9. The van der Waals surface area contributed by atoms with Crippen molar-refractivity contribution in [2.24, 2.45) is 0 Å². The molecular weight excluding hydrogens is 423 g/mol. The van der Waals surface area contributed by atoms with Crippen molar-refractivity contribution in [1.82, 2.24) is 13.8 Å². The van der Waals surface area contributed by atoms with Crippen molar-refractivity contribution in [3.63, 3.8) is 0 Å². The summed E-state index contributed by atoms with van der Waals surface area (Å²) in [6.45, 7) is -0.183. The second-order valence-corrected chi connectivity index (χ2v) is 8.84. The highest BCUT2D eigenvalue weighted by Crippen LogP contribution is 2.26. The van der Waals surface area contributed by atoms with Crippen LogP contribution in [0.25, 0.3) is 0 Å². The lowest BCUT2D eigenvalue weighted by molar-refractivity contribution is -0.139. The van der Waals surface area contributed by atoms with Gasteiger partial charge in [0.15, 0.2) is 0 Å². The third kappa shape index (κ3) is 5.08. The maximum absolute atomic E-state index is 12.9. The van der Waals surface area contributed by atoms with Gasteiger partial charge in [-0.2, -0.15) is 17.5 Å². The highest BCUT2D eigenvalue weighted by atomic mass is 32.2. The van der Waals surface area contributed by atoms with Gasteiger partial charge in [0.2, 0.25) is 15.9 Å². The smallest absolute Gasteiger partial charge is 0.339 e. The average Bonchev–Trinajstić information content (AvgIpc) is 2.69. The molecule has 0 radical (unpaired) electrons. The fraction of sp³-hybridized carbons (Fsp3) is 0.368. The summed E-state index contributed by atoms with van der Waals surface area (Å²) in [7, 11) is -3.56. The van der Waals surface area contributed by atoms with Crippen LogP contribution in [0.3, 0.4) is 0 Å². The van der Waals surface area contributed by atoms with Gasteiger partial charge < -0.3 is 9.47 Å². The van der Waals surface area contributed by atoms with Crippen LogP contribution in [0, 0.1) is 0 Å². The van der Waals surface area contributed by atoms with E-state index in [1.54, 1.807) is 30.3 Å². The zero-order valence-corrected chi connectivity index (χ0v) is 16.7. The predicted octanol–water partition coefficient (Wildman–Crippen LogP) is 1.54. The number of benzene rings is 1. The highest BCUT2D eigenvalue weighted by molar-refractivity contribution is 7.88. The number of rotatable bonds is 5. The Bertz CT molecular complexity index is 1060. The summed E-state index contributed by atoms with van der Waals surface area (Å²) in [5.74, 6) is -0.696. The minimum Gasteiger partial charge on any atom is -0.339 e. The Kier molecular flexibility index (Phi) is 6.32. The topological polar surface area (TPSA) is 79.7 Å². The summed E-state index contributed by atoms with van der Waals surface area (Å²) in [6, 6.07) is 10.4. The monoisotopic (exact) mass is 443 g/mol. The molecule has 0 bridgehead atoms. The number of alkyl halides is 3. The van der Waals surface area contributed by atoms with Crippen molar-refractivity contribution >= 4 is 15.9 Å². The number of hydrogen-bond acceptors (Lipinski definition) is 4. The SMILES string of the molecule is O=C(Cn1cccc(C(F)(F)F)c1=O)N1CCN(S(=O)(=O)Cc2ccccc2)CC1. The lowest BCUT2D eigenvalue weighted by Crippen LogP contribution is -2.51. The molecule has 30 heavy (non-hydrogen) atoms. The summed E-state index contributed by atoms with van der Waals surface area (Å²) < 4.78 is 65.7. The lowest BCUT2D eigenvalue weighted by Gasteiger charge is -2.34. The van der Waals surface area contributed by atoms with E-state index in [-0.39, 0.29) is 31.9 Å². The molecule has 0 unspecified atom stereocenters. The van der Waals surface area contributed by atoms with Gasteiger partial charge in [0.05, 0.1) is 5.75 Å². The number of aromatic nitrogens is 1. The van der Waals surface area contributed by atoms with Gasteiger partial charge in [-0.3, -0.25) is 9.59 Å². The Morgan fingerprint density at radius 1 is 0.967 bits per heavy atom. The quantitative estimate of drug-likeness (QED) is 0.702. The van der Waals surface area contributed by atoms with Crippen LogP contribution in [0.4, 0.5) is 13.2 Å². The second-order valence-electron chi connectivity index (χ2n) is 6.87. The number of nitrogens with zero attached hydrogens (tertiary/aromatic N) is 3. The van der Waals surface area contributed by atoms with Crippen LogP contribution in [-0.4, -0.2) is 54.3 Å². The van der Waals surface area contributed by atoms with Gasteiger partial charge in [-0.05, 0) is 17.7 Å². The van der Waals surface area contributed by atoms with E-state index >= 15 is 0 Å². The number of piperazine rings is 1.